The van der Waals surface area contributed by atoms with Crippen molar-refractivity contribution in [2.24, 2.45) is 5.16 Å². The molecule has 0 aliphatic heterocycles. The van der Waals surface area contributed by atoms with Crippen LogP contribution in [0.4, 0.5) is 4.39 Å². The molecule has 0 saturated carbocycles. The molecule has 0 radical (unpaired) electrons. The topological polar surface area (TPSA) is 30.8 Å². The average molecular weight is 313 g/mol. The fraction of sp³-hybridized carbons (Fsp3) is 0.211. The summed E-state index contributed by atoms with van der Waals surface area (Å²) in [6.07, 6.45) is 0.896. The largest absolute Gasteiger partial charge is 0.489 e. The van der Waals surface area contributed by atoms with Crippen molar-refractivity contribution in [1.82, 2.24) is 0 Å². The summed E-state index contributed by atoms with van der Waals surface area (Å²) in [5, 5.41) is 4.05. The summed E-state index contributed by atoms with van der Waals surface area (Å²) < 4.78 is 18.7. The molecular formula is C19H20FNO2. The quantitative estimate of drug-likeness (QED) is 0.426. The van der Waals surface area contributed by atoms with E-state index < -0.39 is 0 Å². The maximum atomic E-state index is 13.1. The third-order valence-electron chi connectivity index (χ3n) is 3.37. The Labute approximate surface area is 136 Å². The monoisotopic (exact) mass is 313 g/mol. The molecule has 0 heterocycles. The zero-order valence-electron chi connectivity index (χ0n) is 13.4. The van der Waals surface area contributed by atoms with Gasteiger partial charge in [-0.2, -0.15) is 0 Å². The second-order valence-corrected chi connectivity index (χ2v) is 5.05. The molecule has 0 bridgehead atoms. The number of rotatable bonds is 7. The lowest BCUT2D eigenvalue weighted by Gasteiger charge is -2.09. The summed E-state index contributed by atoms with van der Waals surface area (Å²) in [7, 11) is 1.48. The maximum absolute atomic E-state index is 13.1. The van der Waals surface area contributed by atoms with E-state index in [0.717, 1.165) is 28.9 Å². The zero-order chi connectivity index (χ0) is 16.7. The van der Waals surface area contributed by atoms with Crippen LogP contribution < -0.4 is 4.74 Å². The first kappa shape index (κ1) is 16.7. The molecule has 0 aliphatic rings. The molecule has 4 heteroatoms. The van der Waals surface area contributed by atoms with Gasteiger partial charge >= 0.3 is 0 Å². The van der Waals surface area contributed by atoms with Crippen LogP contribution in [0.2, 0.25) is 0 Å². The Morgan fingerprint density at radius 3 is 2.13 bits per heavy atom. The highest BCUT2D eigenvalue weighted by Gasteiger charge is 2.09. The molecule has 0 aliphatic carbocycles. The molecule has 120 valence electrons. The molecule has 3 nitrogen and oxygen atoms in total. The van der Waals surface area contributed by atoms with Crippen molar-refractivity contribution < 1.29 is 14.0 Å². The van der Waals surface area contributed by atoms with Gasteiger partial charge in [-0.1, -0.05) is 18.7 Å². The number of hydrogen-bond acceptors (Lipinski definition) is 3. The Bertz CT molecular complexity index is 676. The van der Waals surface area contributed by atoms with Gasteiger partial charge in [-0.25, -0.2) is 4.39 Å². The Morgan fingerprint density at radius 1 is 1.04 bits per heavy atom. The fourth-order valence-electron chi connectivity index (χ4n) is 1.97. The van der Waals surface area contributed by atoms with Crippen LogP contribution in [0.1, 0.15) is 24.5 Å². The van der Waals surface area contributed by atoms with E-state index in [9.17, 15) is 4.39 Å². The first-order chi connectivity index (χ1) is 11.1. The molecule has 0 N–H and O–H groups in total. The van der Waals surface area contributed by atoms with Crippen molar-refractivity contribution in [2.45, 2.75) is 13.3 Å². The minimum atomic E-state index is -0.287. The predicted octanol–water partition coefficient (Wildman–Crippen LogP) is 4.57. The molecule has 2 aromatic carbocycles. The van der Waals surface area contributed by atoms with E-state index in [1.54, 1.807) is 12.1 Å². The zero-order valence-corrected chi connectivity index (χ0v) is 13.4. The van der Waals surface area contributed by atoms with Crippen LogP contribution in [0.15, 0.2) is 65.8 Å². The number of ether oxygens (including phenoxy) is 1. The van der Waals surface area contributed by atoms with E-state index in [4.69, 9.17) is 9.57 Å². The number of nitrogens with zero attached hydrogens (tertiary/aromatic N) is 1. The standard InChI is InChI=1S/C19H20FNO2/c1-4-14(2)13-23-18-11-7-16(8-12-18)19(21-22-3)15-5-9-17(20)10-6-15/h5-12H,2,4,13H2,1,3H3. The van der Waals surface area contributed by atoms with Crippen molar-refractivity contribution in [3.8, 4) is 5.75 Å². The van der Waals surface area contributed by atoms with E-state index in [-0.39, 0.29) is 5.82 Å². The van der Waals surface area contributed by atoms with Crippen LogP contribution in [-0.2, 0) is 4.84 Å². The van der Waals surface area contributed by atoms with E-state index in [2.05, 4.69) is 11.7 Å². The third kappa shape index (κ3) is 4.68. The van der Waals surface area contributed by atoms with Gasteiger partial charge in [-0.15, -0.1) is 0 Å². The van der Waals surface area contributed by atoms with Gasteiger partial charge in [0, 0.05) is 11.1 Å². The molecule has 0 aromatic heterocycles. The number of oxime groups is 1. The van der Waals surface area contributed by atoms with E-state index >= 15 is 0 Å². The van der Waals surface area contributed by atoms with Gasteiger partial charge in [0.05, 0.1) is 0 Å². The Kier molecular flexibility index (Phi) is 5.92. The predicted molar refractivity (Wildman–Crippen MR) is 90.4 cm³/mol. The minimum absolute atomic E-state index is 0.287. The fourth-order valence-corrected chi connectivity index (χ4v) is 1.97. The van der Waals surface area contributed by atoms with Crippen molar-refractivity contribution in [1.29, 1.82) is 0 Å². The molecule has 23 heavy (non-hydrogen) atoms. The Morgan fingerprint density at radius 2 is 1.61 bits per heavy atom. The van der Waals surface area contributed by atoms with Crippen molar-refractivity contribution in [2.75, 3.05) is 13.7 Å². The molecular weight excluding hydrogens is 293 g/mol. The van der Waals surface area contributed by atoms with Crippen LogP contribution in [0.25, 0.3) is 0 Å². The smallest absolute Gasteiger partial charge is 0.123 e. The first-order valence-electron chi connectivity index (χ1n) is 7.41. The van der Waals surface area contributed by atoms with Gasteiger partial charge in [0.2, 0.25) is 0 Å². The van der Waals surface area contributed by atoms with E-state index in [0.29, 0.717) is 12.3 Å². The molecule has 2 rings (SSSR count). The van der Waals surface area contributed by atoms with Gasteiger partial charge in [-0.05, 0) is 60.5 Å². The molecule has 0 saturated heterocycles. The summed E-state index contributed by atoms with van der Waals surface area (Å²) in [5.41, 5.74) is 3.32. The average Bonchev–Trinajstić information content (AvgIpc) is 2.59. The Hall–Kier alpha value is -2.62. The van der Waals surface area contributed by atoms with Gasteiger partial charge < -0.3 is 9.57 Å². The Balaban J connectivity index is 2.19. The van der Waals surface area contributed by atoms with Gasteiger partial charge in [0.1, 0.15) is 31.0 Å². The van der Waals surface area contributed by atoms with Gasteiger partial charge in [0.15, 0.2) is 0 Å². The van der Waals surface area contributed by atoms with Crippen LogP contribution in [0.3, 0.4) is 0 Å². The van der Waals surface area contributed by atoms with Gasteiger partial charge in [-0.3, -0.25) is 0 Å². The lowest BCUT2D eigenvalue weighted by Crippen LogP contribution is -2.05. The number of halogens is 1. The highest BCUT2D eigenvalue weighted by molar-refractivity contribution is 6.12. The van der Waals surface area contributed by atoms with Crippen molar-refractivity contribution >= 4 is 5.71 Å². The molecule has 0 unspecified atom stereocenters. The molecule has 0 amide bonds. The molecule has 0 fully saturated rings. The summed E-state index contributed by atoms with van der Waals surface area (Å²) >= 11 is 0. The van der Waals surface area contributed by atoms with Crippen molar-refractivity contribution in [3.05, 3.63) is 77.6 Å². The van der Waals surface area contributed by atoms with Crippen LogP contribution in [0.5, 0.6) is 5.75 Å². The summed E-state index contributed by atoms with van der Waals surface area (Å²) in [5.74, 6) is 0.477. The molecule has 0 spiro atoms. The van der Waals surface area contributed by atoms with Gasteiger partial charge in [0.25, 0.3) is 0 Å². The van der Waals surface area contributed by atoms with E-state index in [1.165, 1.54) is 19.2 Å². The minimum Gasteiger partial charge on any atom is -0.489 e. The van der Waals surface area contributed by atoms with Crippen molar-refractivity contribution in [3.63, 3.8) is 0 Å². The summed E-state index contributed by atoms with van der Waals surface area (Å²) in [6, 6.07) is 13.7. The van der Waals surface area contributed by atoms with Crippen LogP contribution in [-0.4, -0.2) is 19.4 Å². The van der Waals surface area contributed by atoms with Crippen LogP contribution in [0, 0.1) is 5.82 Å². The third-order valence-corrected chi connectivity index (χ3v) is 3.37. The van der Waals surface area contributed by atoms with E-state index in [1.807, 2.05) is 31.2 Å². The molecule has 0 atom stereocenters. The lowest BCUT2D eigenvalue weighted by atomic mass is 10.0. The number of benzene rings is 2. The molecule has 2 aromatic rings. The highest BCUT2D eigenvalue weighted by Crippen LogP contribution is 2.17. The number of hydrogen-bond donors (Lipinski definition) is 0. The summed E-state index contributed by atoms with van der Waals surface area (Å²) in [4.78, 5) is 4.92. The highest BCUT2D eigenvalue weighted by atomic mass is 19.1. The lowest BCUT2D eigenvalue weighted by molar-refractivity contribution is 0.214. The SMILES string of the molecule is C=C(CC)COc1ccc(C(=NOC)c2ccc(F)cc2)cc1. The second kappa shape index (κ2) is 8.13. The maximum Gasteiger partial charge on any atom is 0.123 e. The summed E-state index contributed by atoms with van der Waals surface area (Å²) in [6.45, 7) is 6.47. The normalized spacial score (nSPS) is 11.2. The first-order valence-corrected chi connectivity index (χ1v) is 7.41. The van der Waals surface area contributed by atoms with Crippen LogP contribution >= 0.6 is 0 Å². The second-order valence-electron chi connectivity index (χ2n) is 5.05.